The molecule has 1 aromatic carbocycles. The van der Waals surface area contributed by atoms with Crippen LogP contribution in [0.4, 0.5) is 0 Å². The predicted octanol–water partition coefficient (Wildman–Crippen LogP) is 2.60. The van der Waals surface area contributed by atoms with E-state index >= 15 is 0 Å². The topological polar surface area (TPSA) is 38.8 Å². The summed E-state index contributed by atoms with van der Waals surface area (Å²) >= 11 is 5.78. The first-order chi connectivity index (χ1) is 9.13. The van der Waals surface area contributed by atoms with Gasteiger partial charge in [-0.15, -0.1) is 0 Å². The summed E-state index contributed by atoms with van der Waals surface area (Å²) in [6.45, 7) is 3.78. The minimum atomic E-state index is -0.00616. The van der Waals surface area contributed by atoms with Crippen LogP contribution in [0.5, 0.6) is 5.75 Å². The van der Waals surface area contributed by atoms with Gasteiger partial charge in [0.15, 0.2) is 0 Å². The largest absolute Gasteiger partial charge is 0.494 e. The number of carbonyl (C=O) groups excluding carboxylic acids is 1. The molecule has 0 aliphatic heterocycles. The van der Waals surface area contributed by atoms with Gasteiger partial charge in [0.1, 0.15) is 12.4 Å². The second kappa shape index (κ2) is 8.77. The molecular formula is C14H20ClNO3. The zero-order valence-electron chi connectivity index (χ0n) is 11.4. The summed E-state index contributed by atoms with van der Waals surface area (Å²) in [6, 6.07) is 7.22. The third-order valence-electron chi connectivity index (χ3n) is 2.58. The lowest BCUT2D eigenvalue weighted by Gasteiger charge is -2.17. The summed E-state index contributed by atoms with van der Waals surface area (Å²) in [5.41, 5.74) is 0. The Kier molecular flexibility index (Phi) is 7.30. The molecule has 0 unspecified atom stereocenters. The van der Waals surface area contributed by atoms with Crippen molar-refractivity contribution in [1.82, 2.24) is 4.90 Å². The maximum atomic E-state index is 11.5. The molecule has 1 rings (SSSR count). The predicted molar refractivity (Wildman–Crippen MR) is 75.7 cm³/mol. The summed E-state index contributed by atoms with van der Waals surface area (Å²) in [4.78, 5) is 13.2. The van der Waals surface area contributed by atoms with Crippen molar-refractivity contribution in [1.29, 1.82) is 0 Å². The SMILES string of the molecule is CCOCC(=O)N(C)CCCOc1ccc(Cl)cc1. The van der Waals surface area contributed by atoms with Crippen molar-refractivity contribution in [3.63, 3.8) is 0 Å². The maximum Gasteiger partial charge on any atom is 0.248 e. The summed E-state index contributed by atoms with van der Waals surface area (Å²) in [7, 11) is 1.77. The van der Waals surface area contributed by atoms with Gasteiger partial charge in [-0.25, -0.2) is 0 Å². The van der Waals surface area contributed by atoms with Crippen molar-refractivity contribution in [3.05, 3.63) is 29.3 Å². The minimum absolute atomic E-state index is 0.00616. The van der Waals surface area contributed by atoms with E-state index in [9.17, 15) is 4.79 Å². The lowest BCUT2D eigenvalue weighted by Crippen LogP contribution is -2.31. The molecule has 106 valence electrons. The molecule has 0 spiro atoms. The third-order valence-corrected chi connectivity index (χ3v) is 2.83. The molecule has 1 aromatic rings. The van der Waals surface area contributed by atoms with Gasteiger partial charge >= 0.3 is 0 Å². The first-order valence-corrected chi connectivity index (χ1v) is 6.71. The highest BCUT2D eigenvalue weighted by atomic mass is 35.5. The van der Waals surface area contributed by atoms with E-state index in [4.69, 9.17) is 21.1 Å². The zero-order chi connectivity index (χ0) is 14.1. The fraction of sp³-hybridized carbons (Fsp3) is 0.500. The summed E-state index contributed by atoms with van der Waals surface area (Å²) in [5, 5.41) is 0.689. The van der Waals surface area contributed by atoms with Crippen LogP contribution < -0.4 is 4.74 Å². The number of ether oxygens (including phenoxy) is 2. The molecule has 0 atom stereocenters. The van der Waals surface area contributed by atoms with Gasteiger partial charge in [-0.3, -0.25) is 4.79 Å². The number of rotatable bonds is 8. The van der Waals surface area contributed by atoms with E-state index in [1.54, 1.807) is 24.1 Å². The Balaban J connectivity index is 2.16. The highest BCUT2D eigenvalue weighted by Crippen LogP contribution is 2.15. The Hall–Kier alpha value is -1.26. The molecule has 0 radical (unpaired) electrons. The first-order valence-electron chi connectivity index (χ1n) is 6.33. The number of hydrogen-bond donors (Lipinski definition) is 0. The Morgan fingerprint density at radius 3 is 2.63 bits per heavy atom. The Morgan fingerprint density at radius 2 is 2.00 bits per heavy atom. The number of likely N-dealkylation sites (N-methyl/N-ethyl adjacent to an activating group) is 1. The number of halogens is 1. The molecule has 0 aromatic heterocycles. The molecule has 0 N–H and O–H groups in total. The summed E-state index contributed by atoms with van der Waals surface area (Å²) < 4.78 is 10.6. The van der Waals surface area contributed by atoms with Crippen LogP contribution in [0.3, 0.4) is 0 Å². The van der Waals surface area contributed by atoms with Crippen LogP contribution in [0.2, 0.25) is 5.02 Å². The minimum Gasteiger partial charge on any atom is -0.494 e. The number of benzene rings is 1. The molecule has 0 heterocycles. The number of hydrogen-bond acceptors (Lipinski definition) is 3. The standard InChI is InChI=1S/C14H20ClNO3/c1-3-18-11-14(17)16(2)9-4-10-19-13-7-5-12(15)6-8-13/h5-8H,3-4,9-11H2,1-2H3. The smallest absolute Gasteiger partial charge is 0.248 e. The summed E-state index contributed by atoms with van der Waals surface area (Å²) in [5.74, 6) is 0.779. The molecule has 0 saturated heterocycles. The average molecular weight is 286 g/mol. The van der Waals surface area contributed by atoms with Gasteiger partial charge in [0.25, 0.3) is 0 Å². The van der Waals surface area contributed by atoms with Crippen molar-refractivity contribution >= 4 is 17.5 Å². The van der Waals surface area contributed by atoms with Crippen LogP contribution in [0.25, 0.3) is 0 Å². The third kappa shape index (κ3) is 6.45. The van der Waals surface area contributed by atoms with E-state index in [0.717, 1.165) is 12.2 Å². The fourth-order valence-corrected chi connectivity index (χ4v) is 1.57. The fourth-order valence-electron chi connectivity index (χ4n) is 1.45. The van der Waals surface area contributed by atoms with Crippen LogP contribution in [0.1, 0.15) is 13.3 Å². The Morgan fingerprint density at radius 1 is 1.32 bits per heavy atom. The molecule has 0 aliphatic carbocycles. The van der Waals surface area contributed by atoms with Crippen molar-refractivity contribution in [2.75, 3.05) is 33.4 Å². The average Bonchev–Trinajstić information content (AvgIpc) is 2.42. The molecule has 0 aliphatic rings. The van der Waals surface area contributed by atoms with Crippen molar-refractivity contribution in [2.24, 2.45) is 0 Å². The number of amides is 1. The Labute approximate surface area is 119 Å². The zero-order valence-corrected chi connectivity index (χ0v) is 12.2. The molecule has 0 saturated carbocycles. The van der Waals surface area contributed by atoms with E-state index in [0.29, 0.717) is 24.8 Å². The van der Waals surface area contributed by atoms with Gasteiger partial charge in [-0.1, -0.05) is 11.6 Å². The van der Waals surface area contributed by atoms with E-state index in [1.165, 1.54) is 0 Å². The highest BCUT2D eigenvalue weighted by Gasteiger charge is 2.07. The normalized spacial score (nSPS) is 10.3. The van der Waals surface area contributed by atoms with Crippen molar-refractivity contribution < 1.29 is 14.3 Å². The van der Waals surface area contributed by atoms with Crippen LogP contribution in [0, 0.1) is 0 Å². The molecule has 19 heavy (non-hydrogen) atoms. The number of carbonyl (C=O) groups is 1. The van der Waals surface area contributed by atoms with Crippen LogP contribution >= 0.6 is 11.6 Å². The lowest BCUT2D eigenvalue weighted by molar-refractivity contribution is -0.134. The monoisotopic (exact) mass is 285 g/mol. The van der Waals surface area contributed by atoms with E-state index in [2.05, 4.69) is 0 Å². The van der Waals surface area contributed by atoms with Gasteiger partial charge in [0.2, 0.25) is 5.91 Å². The first kappa shape index (κ1) is 15.8. The van der Waals surface area contributed by atoms with E-state index in [-0.39, 0.29) is 12.5 Å². The second-order valence-electron chi connectivity index (χ2n) is 4.11. The second-order valence-corrected chi connectivity index (χ2v) is 4.54. The van der Waals surface area contributed by atoms with Crippen LogP contribution in [-0.4, -0.2) is 44.2 Å². The Bertz CT molecular complexity index is 381. The molecule has 1 amide bonds. The van der Waals surface area contributed by atoms with Gasteiger partial charge in [0, 0.05) is 25.2 Å². The van der Waals surface area contributed by atoms with Gasteiger partial charge in [-0.2, -0.15) is 0 Å². The van der Waals surface area contributed by atoms with E-state index < -0.39 is 0 Å². The molecule has 5 heteroatoms. The highest BCUT2D eigenvalue weighted by molar-refractivity contribution is 6.30. The molecule has 4 nitrogen and oxygen atoms in total. The van der Waals surface area contributed by atoms with Crippen molar-refractivity contribution in [3.8, 4) is 5.75 Å². The van der Waals surface area contributed by atoms with Gasteiger partial charge < -0.3 is 14.4 Å². The quantitative estimate of drug-likeness (QED) is 0.689. The van der Waals surface area contributed by atoms with E-state index in [1.807, 2.05) is 19.1 Å². The molecular weight excluding hydrogens is 266 g/mol. The van der Waals surface area contributed by atoms with Crippen molar-refractivity contribution in [2.45, 2.75) is 13.3 Å². The molecule has 0 bridgehead atoms. The van der Waals surface area contributed by atoms with Crippen LogP contribution in [-0.2, 0) is 9.53 Å². The molecule has 0 fully saturated rings. The van der Waals surface area contributed by atoms with Gasteiger partial charge in [0.05, 0.1) is 6.61 Å². The number of nitrogens with zero attached hydrogens (tertiary/aromatic N) is 1. The summed E-state index contributed by atoms with van der Waals surface area (Å²) in [6.07, 6.45) is 0.775. The van der Waals surface area contributed by atoms with Gasteiger partial charge in [-0.05, 0) is 37.6 Å². The van der Waals surface area contributed by atoms with Crippen LogP contribution in [0.15, 0.2) is 24.3 Å². The lowest BCUT2D eigenvalue weighted by atomic mass is 10.3. The maximum absolute atomic E-state index is 11.5.